The first-order valence-electron chi connectivity index (χ1n) is 8.76. The van der Waals surface area contributed by atoms with Crippen LogP contribution in [0.25, 0.3) is 10.6 Å². The maximum atomic E-state index is 13.0. The van der Waals surface area contributed by atoms with Crippen molar-refractivity contribution in [1.82, 2.24) is 19.9 Å². The Balaban J connectivity index is 1.45. The van der Waals surface area contributed by atoms with Gasteiger partial charge in [-0.2, -0.15) is 0 Å². The summed E-state index contributed by atoms with van der Waals surface area (Å²) in [6.45, 7) is 4.55. The highest BCUT2D eigenvalue weighted by atomic mass is 79.9. The number of amides is 1. The Kier molecular flexibility index (Phi) is 5.61. The van der Waals surface area contributed by atoms with Crippen LogP contribution < -0.4 is 4.90 Å². The fourth-order valence-electron chi connectivity index (χ4n) is 3.03. The Morgan fingerprint density at radius 2 is 1.75 bits per heavy atom. The van der Waals surface area contributed by atoms with E-state index in [1.54, 1.807) is 12.4 Å². The van der Waals surface area contributed by atoms with E-state index >= 15 is 0 Å². The summed E-state index contributed by atoms with van der Waals surface area (Å²) in [5.41, 5.74) is 1.73. The van der Waals surface area contributed by atoms with Gasteiger partial charge in [0.2, 0.25) is 5.95 Å². The fraction of sp³-hybridized carbons (Fsp3) is 0.263. The van der Waals surface area contributed by atoms with Crippen molar-refractivity contribution in [3.05, 3.63) is 56.7 Å². The number of aryl methyl sites for hydroxylation is 1. The van der Waals surface area contributed by atoms with E-state index in [1.807, 2.05) is 36.1 Å². The number of carbonyl (C=O) groups excluding carboxylic acids is 1. The average molecular weight is 479 g/mol. The second kappa shape index (κ2) is 8.14. The Bertz CT molecular complexity index is 985. The van der Waals surface area contributed by atoms with Crippen molar-refractivity contribution in [2.75, 3.05) is 31.1 Å². The number of halogens is 2. The number of carbonyl (C=O) groups is 1. The summed E-state index contributed by atoms with van der Waals surface area (Å²) in [5.74, 6) is 0.723. The normalized spacial score (nSPS) is 14.4. The quantitative estimate of drug-likeness (QED) is 0.562. The number of thiazole rings is 1. The van der Waals surface area contributed by atoms with E-state index in [1.165, 1.54) is 11.3 Å². The lowest BCUT2D eigenvalue weighted by Gasteiger charge is -2.34. The van der Waals surface area contributed by atoms with Crippen molar-refractivity contribution < 1.29 is 4.79 Å². The summed E-state index contributed by atoms with van der Waals surface area (Å²) in [5, 5.41) is 1.51. The van der Waals surface area contributed by atoms with Crippen LogP contribution in [0, 0.1) is 6.92 Å². The third kappa shape index (κ3) is 4.04. The van der Waals surface area contributed by atoms with Gasteiger partial charge >= 0.3 is 0 Å². The zero-order chi connectivity index (χ0) is 19.7. The van der Waals surface area contributed by atoms with E-state index in [0.717, 1.165) is 20.7 Å². The SMILES string of the molecule is Cc1nc(-c2ccc(Cl)cc2)sc1C(=O)N1CCN(c2ncc(Br)cn2)CC1. The number of anilines is 1. The molecule has 28 heavy (non-hydrogen) atoms. The fourth-order valence-corrected chi connectivity index (χ4v) is 4.40. The molecule has 1 fully saturated rings. The molecule has 0 N–H and O–H groups in total. The van der Waals surface area contributed by atoms with Crippen LogP contribution in [0.15, 0.2) is 41.1 Å². The number of nitrogens with zero attached hydrogens (tertiary/aromatic N) is 5. The number of aromatic nitrogens is 3. The molecule has 1 saturated heterocycles. The molecular weight excluding hydrogens is 462 g/mol. The smallest absolute Gasteiger partial charge is 0.265 e. The molecule has 1 aliphatic rings. The first kappa shape index (κ1) is 19.3. The van der Waals surface area contributed by atoms with Gasteiger partial charge in [-0.05, 0) is 35.0 Å². The molecule has 0 aliphatic carbocycles. The summed E-state index contributed by atoms with van der Waals surface area (Å²) < 4.78 is 0.849. The number of piperazine rings is 1. The Labute approximate surface area is 180 Å². The van der Waals surface area contributed by atoms with Crippen molar-refractivity contribution in [2.24, 2.45) is 0 Å². The molecule has 3 aromatic rings. The zero-order valence-corrected chi connectivity index (χ0v) is 18.3. The minimum absolute atomic E-state index is 0.0339. The van der Waals surface area contributed by atoms with Gasteiger partial charge in [0, 0.05) is 49.2 Å². The molecule has 0 radical (unpaired) electrons. The molecule has 2 aromatic heterocycles. The molecule has 0 spiro atoms. The molecule has 1 amide bonds. The average Bonchev–Trinajstić information content (AvgIpc) is 3.10. The molecule has 1 aromatic carbocycles. The van der Waals surface area contributed by atoms with Crippen molar-refractivity contribution in [2.45, 2.75) is 6.92 Å². The molecule has 9 heteroatoms. The first-order valence-corrected chi connectivity index (χ1v) is 10.7. The predicted molar refractivity (Wildman–Crippen MR) is 115 cm³/mol. The highest BCUT2D eigenvalue weighted by molar-refractivity contribution is 9.10. The van der Waals surface area contributed by atoms with Gasteiger partial charge in [-0.25, -0.2) is 15.0 Å². The summed E-state index contributed by atoms with van der Waals surface area (Å²) in [6.07, 6.45) is 3.47. The van der Waals surface area contributed by atoms with Gasteiger partial charge in [-0.15, -0.1) is 11.3 Å². The molecule has 0 unspecified atom stereocenters. The largest absolute Gasteiger partial charge is 0.337 e. The van der Waals surface area contributed by atoms with Crippen LogP contribution in [0.5, 0.6) is 0 Å². The molecule has 3 heterocycles. The van der Waals surface area contributed by atoms with Gasteiger partial charge in [0.05, 0.1) is 10.2 Å². The lowest BCUT2D eigenvalue weighted by atomic mass is 10.2. The van der Waals surface area contributed by atoms with E-state index in [4.69, 9.17) is 11.6 Å². The van der Waals surface area contributed by atoms with Crippen molar-refractivity contribution in [3.63, 3.8) is 0 Å². The van der Waals surface area contributed by atoms with Crippen LogP contribution in [0.1, 0.15) is 15.4 Å². The van der Waals surface area contributed by atoms with E-state index < -0.39 is 0 Å². The summed E-state index contributed by atoms with van der Waals surface area (Å²) in [4.78, 5) is 30.9. The molecule has 1 aliphatic heterocycles. The van der Waals surface area contributed by atoms with Crippen LogP contribution in [0.2, 0.25) is 5.02 Å². The topological polar surface area (TPSA) is 62.2 Å². The maximum absolute atomic E-state index is 13.0. The Morgan fingerprint density at radius 3 is 2.39 bits per heavy atom. The van der Waals surface area contributed by atoms with Crippen LogP contribution in [0.3, 0.4) is 0 Å². The van der Waals surface area contributed by atoms with E-state index in [9.17, 15) is 4.79 Å². The number of hydrogen-bond donors (Lipinski definition) is 0. The maximum Gasteiger partial charge on any atom is 0.265 e. The van der Waals surface area contributed by atoms with Gasteiger partial charge in [0.1, 0.15) is 9.88 Å². The monoisotopic (exact) mass is 477 g/mol. The summed E-state index contributed by atoms with van der Waals surface area (Å²) >= 11 is 10.7. The Hall–Kier alpha value is -2.03. The van der Waals surface area contributed by atoms with E-state index in [0.29, 0.717) is 42.0 Å². The van der Waals surface area contributed by atoms with Gasteiger partial charge in [0.15, 0.2) is 0 Å². The van der Waals surface area contributed by atoms with Crippen molar-refractivity contribution >= 4 is 50.7 Å². The van der Waals surface area contributed by atoms with Gasteiger partial charge < -0.3 is 9.80 Å². The van der Waals surface area contributed by atoms with Crippen molar-refractivity contribution in [1.29, 1.82) is 0 Å². The van der Waals surface area contributed by atoms with Gasteiger partial charge in [0.25, 0.3) is 5.91 Å². The summed E-state index contributed by atoms with van der Waals surface area (Å²) in [7, 11) is 0. The van der Waals surface area contributed by atoms with Crippen LogP contribution in [-0.4, -0.2) is 51.9 Å². The van der Waals surface area contributed by atoms with Crippen LogP contribution in [-0.2, 0) is 0 Å². The van der Waals surface area contributed by atoms with E-state index in [-0.39, 0.29) is 5.91 Å². The zero-order valence-electron chi connectivity index (χ0n) is 15.1. The summed E-state index contributed by atoms with van der Waals surface area (Å²) in [6, 6.07) is 7.51. The van der Waals surface area contributed by atoms with E-state index in [2.05, 4.69) is 35.8 Å². The third-order valence-corrected chi connectivity index (χ3v) is 6.39. The standard InChI is InChI=1S/C19H17BrClN5OS/c1-12-16(28-17(24-12)13-2-4-15(21)5-3-13)18(27)25-6-8-26(9-7-25)19-22-10-14(20)11-23-19/h2-5,10-11H,6-9H2,1H3. The highest BCUT2D eigenvalue weighted by Gasteiger charge is 2.26. The minimum atomic E-state index is 0.0339. The number of benzene rings is 1. The highest BCUT2D eigenvalue weighted by Crippen LogP contribution is 2.30. The minimum Gasteiger partial charge on any atom is -0.337 e. The molecule has 4 rings (SSSR count). The first-order chi connectivity index (χ1) is 13.5. The number of rotatable bonds is 3. The third-order valence-electron chi connectivity index (χ3n) is 4.54. The number of hydrogen-bond acceptors (Lipinski definition) is 6. The second-order valence-corrected chi connectivity index (χ2v) is 8.77. The molecule has 0 saturated carbocycles. The lowest BCUT2D eigenvalue weighted by molar-refractivity contribution is 0.0750. The molecule has 144 valence electrons. The van der Waals surface area contributed by atoms with Gasteiger partial charge in [-0.3, -0.25) is 4.79 Å². The molecular formula is C19H17BrClN5OS. The molecule has 0 bridgehead atoms. The second-order valence-electron chi connectivity index (χ2n) is 6.42. The van der Waals surface area contributed by atoms with Gasteiger partial charge in [-0.1, -0.05) is 23.7 Å². The van der Waals surface area contributed by atoms with Crippen molar-refractivity contribution in [3.8, 4) is 10.6 Å². The molecule has 6 nitrogen and oxygen atoms in total. The van der Waals surface area contributed by atoms with Crippen LogP contribution in [0.4, 0.5) is 5.95 Å². The van der Waals surface area contributed by atoms with Crippen LogP contribution >= 0.6 is 38.9 Å². The Morgan fingerprint density at radius 1 is 1.11 bits per heavy atom. The lowest BCUT2D eigenvalue weighted by Crippen LogP contribution is -2.49. The predicted octanol–water partition coefficient (Wildman–Crippen LogP) is 4.29. The molecule has 0 atom stereocenters.